The van der Waals surface area contributed by atoms with Crippen molar-refractivity contribution >= 4 is 5.71 Å². The summed E-state index contributed by atoms with van der Waals surface area (Å²) in [6.07, 6.45) is 9.15. The molecule has 0 atom stereocenters. The number of benzene rings is 2. The van der Waals surface area contributed by atoms with E-state index in [1.54, 1.807) is 12.4 Å². The van der Waals surface area contributed by atoms with Crippen LogP contribution in [0.5, 0.6) is 5.75 Å². The third-order valence-corrected chi connectivity index (χ3v) is 7.37. The van der Waals surface area contributed by atoms with Crippen LogP contribution in [0.25, 0.3) is 33.9 Å². The summed E-state index contributed by atoms with van der Waals surface area (Å²) in [5.41, 5.74) is 7.85. The monoisotopic (exact) mass is 493 g/mol. The number of fused-ring (bicyclic) bond motifs is 1. The molecular weight excluding hydrogens is 462 g/mol. The Balaban J connectivity index is 1.26. The van der Waals surface area contributed by atoms with Gasteiger partial charge < -0.3 is 14.9 Å². The van der Waals surface area contributed by atoms with Crippen molar-refractivity contribution in [3.8, 4) is 39.7 Å². The number of aromatic amines is 1. The summed E-state index contributed by atoms with van der Waals surface area (Å²) in [5, 5.41) is 12.8. The molecule has 37 heavy (non-hydrogen) atoms. The Labute approximate surface area is 216 Å². The molecule has 0 unspecified atom stereocenters. The minimum absolute atomic E-state index is 0.706. The smallest absolute Gasteiger partial charge is 0.138 e. The molecule has 0 bridgehead atoms. The number of oxime groups is 1. The minimum atomic E-state index is 0.706. The summed E-state index contributed by atoms with van der Waals surface area (Å²) in [5.74, 6) is 1.68. The summed E-state index contributed by atoms with van der Waals surface area (Å²) in [6.45, 7) is 4.05. The molecule has 0 spiro atoms. The zero-order valence-corrected chi connectivity index (χ0v) is 20.9. The van der Waals surface area contributed by atoms with Crippen molar-refractivity contribution in [3.63, 3.8) is 0 Å². The van der Waals surface area contributed by atoms with Crippen LogP contribution in [0.15, 0.2) is 72.1 Å². The van der Waals surface area contributed by atoms with Crippen LogP contribution in [0.2, 0.25) is 0 Å². The number of nitrogens with zero attached hydrogens (tertiary/aromatic N) is 4. The number of likely N-dealkylation sites (tertiary alicyclic amines) is 1. The Morgan fingerprint density at radius 1 is 0.892 bits per heavy atom. The fourth-order valence-electron chi connectivity index (χ4n) is 5.35. The molecule has 1 fully saturated rings. The Kier molecular flexibility index (Phi) is 6.69. The van der Waals surface area contributed by atoms with Crippen LogP contribution in [0.4, 0.5) is 0 Å². The van der Waals surface area contributed by atoms with E-state index in [0.29, 0.717) is 6.61 Å². The summed E-state index contributed by atoms with van der Waals surface area (Å²) < 4.78 is 6.02. The summed E-state index contributed by atoms with van der Waals surface area (Å²) in [6, 6.07) is 18.4. The molecule has 1 aliphatic carbocycles. The Hall–Kier alpha value is -3.97. The van der Waals surface area contributed by atoms with E-state index in [1.165, 1.54) is 37.9 Å². The molecule has 0 radical (unpaired) electrons. The highest BCUT2D eigenvalue weighted by Crippen LogP contribution is 2.35. The van der Waals surface area contributed by atoms with Gasteiger partial charge in [0.25, 0.3) is 0 Å². The van der Waals surface area contributed by atoms with Crippen LogP contribution in [0.1, 0.15) is 36.8 Å². The van der Waals surface area contributed by atoms with Crippen molar-refractivity contribution in [3.05, 3.63) is 78.1 Å². The molecule has 2 aromatic heterocycles. The van der Waals surface area contributed by atoms with E-state index in [4.69, 9.17) is 9.72 Å². The van der Waals surface area contributed by atoms with Gasteiger partial charge in [-0.2, -0.15) is 0 Å². The van der Waals surface area contributed by atoms with E-state index in [1.807, 2.05) is 30.3 Å². The van der Waals surface area contributed by atoms with Crippen LogP contribution in [0, 0.1) is 0 Å². The normalized spacial score (nSPS) is 16.7. The minimum Gasteiger partial charge on any atom is -0.492 e. The second-order valence-corrected chi connectivity index (χ2v) is 9.74. The van der Waals surface area contributed by atoms with Gasteiger partial charge in [0.15, 0.2) is 0 Å². The van der Waals surface area contributed by atoms with Crippen LogP contribution in [0.3, 0.4) is 0 Å². The van der Waals surface area contributed by atoms with Crippen LogP contribution < -0.4 is 4.74 Å². The van der Waals surface area contributed by atoms with Gasteiger partial charge in [0, 0.05) is 41.2 Å². The molecule has 1 saturated heterocycles. The number of imidazole rings is 1. The van der Waals surface area contributed by atoms with E-state index in [0.717, 1.165) is 70.3 Å². The number of aromatic nitrogens is 3. The van der Waals surface area contributed by atoms with Crippen LogP contribution in [-0.4, -0.2) is 57.0 Å². The van der Waals surface area contributed by atoms with Crippen molar-refractivity contribution in [2.75, 3.05) is 26.2 Å². The number of H-pyrrole nitrogens is 1. The zero-order valence-electron chi connectivity index (χ0n) is 20.9. The first kappa shape index (κ1) is 23.4. The van der Waals surface area contributed by atoms with Crippen LogP contribution >= 0.6 is 0 Å². The van der Waals surface area contributed by atoms with E-state index in [2.05, 4.69) is 44.3 Å². The maximum atomic E-state index is 9.30. The maximum Gasteiger partial charge on any atom is 0.138 e. The summed E-state index contributed by atoms with van der Waals surface area (Å²) in [7, 11) is 0. The predicted octanol–water partition coefficient (Wildman–Crippen LogP) is 5.79. The molecule has 6 rings (SSSR count). The Bertz CT molecular complexity index is 1390. The first-order valence-electron chi connectivity index (χ1n) is 13.1. The molecule has 3 heterocycles. The van der Waals surface area contributed by atoms with Crippen molar-refractivity contribution in [2.45, 2.75) is 32.1 Å². The maximum absolute atomic E-state index is 9.30. The van der Waals surface area contributed by atoms with Gasteiger partial charge >= 0.3 is 0 Å². The topological polar surface area (TPSA) is 86.6 Å². The average Bonchev–Trinajstić information content (AvgIpc) is 3.59. The first-order valence-corrected chi connectivity index (χ1v) is 13.1. The molecule has 1 aliphatic heterocycles. The Morgan fingerprint density at radius 2 is 1.68 bits per heavy atom. The van der Waals surface area contributed by atoms with E-state index in [-0.39, 0.29) is 0 Å². The molecule has 0 saturated carbocycles. The molecule has 2 aromatic carbocycles. The van der Waals surface area contributed by atoms with Gasteiger partial charge in [-0.15, -0.1) is 0 Å². The zero-order chi connectivity index (χ0) is 25.0. The number of aryl methyl sites for hydroxylation is 1. The SMILES string of the molecule is O/N=C1\CCc2cc(-c3nc(-c4ccc(OCCN5CCCCC5)cc4)[nH]c3-c3ccncc3)ccc21. The largest absolute Gasteiger partial charge is 0.492 e. The van der Waals surface area contributed by atoms with Gasteiger partial charge in [0.05, 0.1) is 17.1 Å². The lowest BCUT2D eigenvalue weighted by molar-refractivity contribution is 0.183. The second kappa shape index (κ2) is 10.6. The number of hydrogen-bond donors (Lipinski definition) is 2. The summed E-state index contributed by atoms with van der Waals surface area (Å²) in [4.78, 5) is 15.3. The molecule has 4 aromatic rings. The standard InChI is InChI=1S/C30H31N5O2/c36-34-27-11-7-23-20-24(6-10-26(23)27)29-28(21-12-14-31-15-13-21)32-30(33-29)22-4-8-25(9-5-22)37-19-18-35-16-2-1-3-17-35/h4-6,8-10,12-15,20,36H,1-3,7,11,16-19H2,(H,32,33)/b34-27+. The number of ether oxygens (including phenoxy) is 1. The van der Waals surface area contributed by atoms with E-state index >= 15 is 0 Å². The second-order valence-electron chi connectivity index (χ2n) is 9.74. The lowest BCUT2D eigenvalue weighted by atomic mass is 10.0. The quantitative estimate of drug-likeness (QED) is 0.251. The van der Waals surface area contributed by atoms with Crippen molar-refractivity contribution in [1.82, 2.24) is 19.9 Å². The predicted molar refractivity (Wildman–Crippen MR) is 145 cm³/mol. The molecule has 2 N–H and O–H groups in total. The highest BCUT2D eigenvalue weighted by atomic mass is 16.5. The van der Waals surface area contributed by atoms with Gasteiger partial charge in [0.2, 0.25) is 0 Å². The lowest BCUT2D eigenvalue weighted by Crippen LogP contribution is -2.33. The van der Waals surface area contributed by atoms with Gasteiger partial charge in [-0.3, -0.25) is 9.88 Å². The highest BCUT2D eigenvalue weighted by molar-refractivity contribution is 6.04. The van der Waals surface area contributed by atoms with Crippen molar-refractivity contribution in [2.24, 2.45) is 5.16 Å². The highest BCUT2D eigenvalue weighted by Gasteiger charge is 2.21. The van der Waals surface area contributed by atoms with Crippen molar-refractivity contribution in [1.29, 1.82) is 0 Å². The lowest BCUT2D eigenvalue weighted by Gasteiger charge is -2.26. The van der Waals surface area contributed by atoms with E-state index < -0.39 is 0 Å². The Morgan fingerprint density at radius 3 is 2.46 bits per heavy atom. The molecular formula is C30H31N5O2. The van der Waals surface area contributed by atoms with E-state index in [9.17, 15) is 5.21 Å². The first-order chi connectivity index (χ1) is 18.3. The number of pyridine rings is 1. The van der Waals surface area contributed by atoms with Gasteiger partial charge in [-0.1, -0.05) is 23.7 Å². The van der Waals surface area contributed by atoms with Gasteiger partial charge in [0.1, 0.15) is 18.2 Å². The number of rotatable bonds is 7. The third-order valence-electron chi connectivity index (χ3n) is 7.37. The summed E-state index contributed by atoms with van der Waals surface area (Å²) >= 11 is 0. The van der Waals surface area contributed by atoms with Crippen LogP contribution in [-0.2, 0) is 6.42 Å². The fourth-order valence-corrected chi connectivity index (χ4v) is 5.35. The van der Waals surface area contributed by atoms with Gasteiger partial charge in [-0.05, 0) is 86.8 Å². The number of piperidine rings is 1. The number of nitrogens with one attached hydrogen (secondary N) is 1. The molecule has 0 amide bonds. The molecule has 188 valence electrons. The average molecular weight is 494 g/mol. The number of hydrogen-bond acceptors (Lipinski definition) is 6. The van der Waals surface area contributed by atoms with Crippen molar-refractivity contribution < 1.29 is 9.94 Å². The molecule has 7 nitrogen and oxygen atoms in total. The third kappa shape index (κ3) is 5.00. The molecule has 2 aliphatic rings. The van der Waals surface area contributed by atoms with Gasteiger partial charge in [-0.25, -0.2) is 4.98 Å². The molecule has 7 heteroatoms. The fraction of sp³-hybridized carbons (Fsp3) is 0.300.